The fourth-order valence-electron chi connectivity index (χ4n) is 2.99. The van der Waals surface area contributed by atoms with E-state index in [0.29, 0.717) is 6.61 Å². The first kappa shape index (κ1) is 16.5. The van der Waals surface area contributed by atoms with Crippen LogP contribution in [-0.4, -0.2) is 34.7 Å². The number of oxazole rings is 1. The maximum Gasteiger partial charge on any atom is 0.211 e. The molecule has 4 heteroatoms. The first-order valence-electron chi connectivity index (χ1n) is 8.12. The van der Waals surface area contributed by atoms with Gasteiger partial charge in [0.05, 0.1) is 12.2 Å². The van der Waals surface area contributed by atoms with Crippen LogP contribution in [0.25, 0.3) is 0 Å². The van der Waals surface area contributed by atoms with E-state index in [9.17, 15) is 5.11 Å². The molecule has 0 amide bonds. The lowest BCUT2D eigenvalue weighted by molar-refractivity contribution is 0.0223. The first-order valence-corrected chi connectivity index (χ1v) is 8.12. The molecule has 0 aliphatic carbocycles. The third-order valence-electron chi connectivity index (χ3n) is 5.11. The third kappa shape index (κ3) is 3.49. The Kier molecular flexibility index (Phi) is 4.79. The molecule has 1 aliphatic heterocycles. The van der Waals surface area contributed by atoms with E-state index in [4.69, 9.17) is 4.42 Å². The van der Waals surface area contributed by atoms with Crippen molar-refractivity contribution in [2.75, 3.05) is 19.7 Å². The van der Waals surface area contributed by atoms with E-state index in [2.05, 4.69) is 44.5 Å². The van der Waals surface area contributed by atoms with E-state index in [-0.39, 0.29) is 16.9 Å². The second kappa shape index (κ2) is 6.09. The molecule has 1 N–H and O–H groups in total. The van der Waals surface area contributed by atoms with Crippen LogP contribution in [0, 0.1) is 5.41 Å². The van der Waals surface area contributed by atoms with Crippen LogP contribution >= 0.6 is 0 Å². The molecule has 1 aromatic rings. The number of aromatic nitrogens is 1. The van der Waals surface area contributed by atoms with E-state index in [0.717, 1.165) is 44.0 Å². The summed E-state index contributed by atoms with van der Waals surface area (Å²) in [5.74, 6) is 1.76. The number of aliphatic hydroxyl groups excluding tert-OH is 1. The molecule has 1 fully saturated rings. The van der Waals surface area contributed by atoms with Crippen molar-refractivity contribution in [2.24, 2.45) is 5.41 Å². The van der Waals surface area contributed by atoms with Gasteiger partial charge in [-0.25, -0.2) is 4.98 Å². The van der Waals surface area contributed by atoms with Crippen LogP contribution < -0.4 is 0 Å². The summed E-state index contributed by atoms with van der Waals surface area (Å²) in [6.45, 7) is 13.1. The maximum absolute atomic E-state index is 9.63. The molecule has 0 radical (unpaired) electrons. The number of piperidine rings is 1. The SMILES string of the molecule is CCC1(CO)CCN(C(C)c2ncc(C(C)(C)C)o2)CC1. The molecular formula is C17H30N2O2. The predicted octanol–water partition coefficient (Wildman–Crippen LogP) is 3.52. The minimum absolute atomic E-state index is 0.00111. The van der Waals surface area contributed by atoms with Gasteiger partial charge in [-0.05, 0) is 44.7 Å². The lowest BCUT2D eigenvalue weighted by atomic mass is 9.77. The number of aliphatic hydroxyl groups is 1. The smallest absolute Gasteiger partial charge is 0.211 e. The molecule has 0 spiro atoms. The topological polar surface area (TPSA) is 49.5 Å². The molecule has 1 saturated heterocycles. The third-order valence-corrected chi connectivity index (χ3v) is 5.11. The number of likely N-dealkylation sites (tertiary alicyclic amines) is 1. The Labute approximate surface area is 128 Å². The van der Waals surface area contributed by atoms with Gasteiger partial charge in [-0.1, -0.05) is 27.7 Å². The Hall–Kier alpha value is -0.870. The zero-order valence-electron chi connectivity index (χ0n) is 14.1. The minimum atomic E-state index is 0.00111. The standard InChI is InChI=1S/C17H30N2O2/c1-6-17(12-20)7-9-19(10-8-17)13(2)15-18-11-14(21-15)16(3,4)5/h11,13,20H,6-10,12H2,1-5H3. The van der Waals surface area contributed by atoms with E-state index >= 15 is 0 Å². The quantitative estimate of drug-likeness (QED) is 0.923. The van der Waals surface area contributed by atoms with Crippen LogP contribution in [0.1, 0.15) is 71.6 Å². The van der Waals surface area contributed by atoms with Gasteiger partial charge in [-0.15, -0.1) is 0 Å². The first-order chi connectivity index (χ1) is 9.81. The highest BCUT2D eigenvalue weighted by Gasteiger charge is 2.35. The van der Waals surface area contributed by atoms with Crippen LogP contribution in [0.15, 0.2) is 10.6 Å². The molecule has 1 atom stereocenters. The summed E-state index contributed by atoms with van der Waals surface area (Å²) in [6, 6.07) is 0.203. The Morgan fingerprint density at radius 1 is 1.38 bits per heavy atom. The van der Waals surface area contributed by atoms with Gasteiger partial charge < -0.3 is 9.52 Å². The molecule has 1 unspecified atom stereocenters. The van der Waals surface area contributed by atoms with E-state index in [1.54, 1.807) is 0 Å². The summed E-state index contributed by atoms with van der Waals surface area (Å²) in [5, 5.41) is 9.63. The molecule has 1 aromatic heterocycles. The Bertz CT molecular complexity index is 448. The zero-order chi connectivity index (χ0) is 15.7. The van der Waals surface area contributed by atoms with Gasteiger partial charge in [0, 0.05) is 12.0 Å². The number of rotatable bonds is 4. The van der Waals surface area contributed by atoms with E-state index in [1.165, 1.54) is 0 Å². The predicted molar refractivity (Wildman–Crippen MR) is 84.2 cm³/mol. The van der Waals surface area contributed by atoms with Crippen LogP contribution in [0.3, 0.4) is 0 Å². The number of nitrogens with zero attached hydrogens (tertiary/aromatic N) is 2. The normalized spacial score (nSPS) is 21.4. The average Bonchev–Trinajstić information content (AvgIpc) is 2.96. The van der Waals surface area contributed by atoms with Crippen molar-refractivity contribution in [1.82, 2.24) is 9.88 Å². The monoisotopic (exact) mass is 294 g/mol. The van der Waals surface area contributed by atoms with Crippen LogP contribution in [0.5, 0.6) is 0 Å². The van der Waals surface area contributed by atoms with Crippen molar-refractivity contribution in [3.8, 4) is 0 Å². The average molecular weight is 294 g/mol. The largest absolute Gasteiger partial charge is 0.443 e. The van der Waals surface area contributed by atoms with Crippen molar-refractivity contribution < 1.29 is 9.52 Å². The lowest BCUT2D eigenvalue weighted by Crippen LogP contribution is -2.42. The zero-order valence-corrected chi connectivity index (χ0v) is 14.1. The van der Waals surface area contributed by atoms with Crippen molar-refractivity contribution in [3.63, 3.8) is 0 Å². The van der Waals surface area contributed by atoms with Gasteiger partial charge >= 0.3 is 0 Å². The van der Waals surface area contributed by atoms with Gasteiger partial charge in [-0.2, -0.15) is 0 Å². The molecule has 2 heterocycles. The fraction of sp³-hybridized carbons (Fsp3) is 0.824. The second-order valence-electron chi connectivity index (χ2n) is 7.54. The molecule has 2 rings (SSSR count). The maximum atomic E-state index is 9.63. The van der Waals surface area contributed by atoms with Gasteiger partial charge in [0.1, 0.15) is 5.76 Å². The Balaban J connectivity index is 2.02. The molecule has 0 aromatic carbocycles. The van der Waals surface area contributed by atoms with Crippen molar-refractivity contribution >= 4 is 0 Å². The van der Waals surface area contributed by atoms with Crippen LogP contribution in [0.2, 0.25) is 0 Å². The van der Waals surface area contributed by atoms with Gasteiger partial charge in [0.15, 0.2) is 0 Å². The molecule has 0 bridgehead atoms. The summed E-state index contributed by atoms with van der Waals surface area (Å²) >= 11 is 0. The van der Waals surface area contributed by atoms with Crippen molar-refractivity contribution in [2.45, 2.75) is 65.3 Å². The molecule has 1 aliphatic rings. The highest BCUT2D eigenvalue weighted by atomic mass is 16.4. The summed E-state index contributed by atoms with van der Waals surface area (Å²) < 4.78 is 5.97. The van der Waals surface area contributed by atoms with Crippen molar-refractivity contribution in [1.29, 1.82) is 0 Å². The second-order valence-corrected chi connectivity index (χ2v) is 7.54. The van der Waals surface area contributed by atoms with Crippen molar-refractivity contribution in [3.05, 3.63) is 17.8 Å². The van der Waals surface area contributed by atoms with Crippen LogP contribution in [0.4, 0.5) is 0 Å². The van der Waals surface area contributed by atoms with Gasteiger partial charge in [0.2, 0.25) is 5.89 Å². The van der Waals surface area contributed by atoms with Gasteiger partial charge in [0.25, 0.3) is 0 Å². The summed E-state index contributed by atoms with van der Waals surface area (Å²) in [7, 11) is 0. The summed E-state index contributed by atoms with van der Waals surface area (Å²) in [6.07, 6.45) is 5.02. The molecule has 21 heavy (non-hydrogen) atoms. The molecule has 4 nitrogen and oxygen atoms in total. The summed E-state index contributed by atoms with van der Waals surface area (Å²) in [5.41, 5.74) is 0.129. The molecule has 0 saturated carbocycles. The van der Waals surface area contributed by atoms with E-state index < -0.39 is 0 Å². The number of hydrogen-bond donors (Lipinski definition) is 1. The van der Waals surface area contributed by atoms with Crippen LogP contribution in [-0.2, 0) is 5.41 Å². The minimum Gasteiger partial charge on any atom is -0.443 e. The molecule has 120 valence electrons. The summed E-state index contributed by atoms with van der Waals surface area (Å²) in [4.78, 5) is 6.90. The highest BCUT2D eigenvalue weighted by molar-refractivity contribution is 5.07. The van der Waals surface area contributed by atoms with E-state index in [1.807, 2.05) is 6.20 Å². The Morgan fingerprint density at radius 3 is 2.43 bits per heavy atom. The highest BCUT2D eigenvalue weighted by Crippen LogP contribution is 2.37. The molecular weight excluding hydrogens is 264 g/mol. The van der Waals surface area contributed by atoms with Gasteiger partial charge in [-0.3, -0.25) is 4.90 Å². The Morgan fingerprint density at radius 2 is 2.00 bits per heavy atom. The lowest BCUT2D eigenvalue weighted by Gasteiger charge is -2.41. The number of hydrogen-bond acceptors (Lipinski definition) is 4. The fourth-order valence-corrected chi connectivity index (χ4v) is 2.99.